The van der Waals surface area contributed by atoms with E-state index in [1.54, 1.807) is 0 Å². The van der Waals surface area contributed by atoms with E-state index in [1.165, 1.54) is 18.2 Å². The van der Waals surface area contributed by atoms with Gasteiger partial charge in [0.25, 0.3) is 5.91 Å². The Kier molecular flexibility index (Phi) is 4.81. The van der Waals surface area contributed by atoms with Crippen LogP contribution in [-0.4, -0.2) is 54.8 Å². The molecule has 1 unspecified atom stereocenters. The quantitative estimate of drug-likeness (QED) is 0.549. The van der Waals surface area contributed by atoms with Crippen LogP contribution in [-0.2, 0) is 4.74 Å². The molecule has 0 aliphatic carbocycles. The number of aromatic hydroxyl groups is 1. The second-order valence-electron chi connectivity index (χ2n) is 5.06. The number of nitrogens with zero attached hydrogens (tertiary/aromatic N) is 1. The molecular weight excluding hydrogens is 258 g/mol. The Bertz CT molecular complexity index is 473. The van der Waals surface area contributed by atoms with Gasteiger partial charge in [-0.3, -0.25) is 9.69 Å². The standard InChI is InChI=1S/C14H21N3O3/c1-10(9-17-4-6-20-7-5-17)16-14(19)12-8-11(18)2-3-13(12)15/h2-3,8,10,18H,4-7,9,15H2,1H3,(H,16,19). The molecule has 6 heteroatoms. The van der Waals surface area contributed by atoms with Crippen LogP contribution in [0.2, 0.25) is 0 Å². The van der Waals surface area contributed by atoms with Crippen molar-refractivity contribution in [3.05, 3.63) is 23.8 Å². The average molecular weight is 279 g/mol. The minimum Gasteiger partial charge on any atom is -0.508 e. The monoisotopic (exact) mass is 279 g/mol. The summed E-state index contributed by atoms with van der Waals surface area (Å²) in [6, 6.07) is 4.37. The van der Waals surface area contributed by atoms with E-state index in [4.69, 9.17) is 10.5 Å². The second kappa shape index (κ2) is 6.58. The number of nitrogen functional groups attached to an aromatic ring is 1. The lowest BCUT2D eigenvalue weighted by Crippen LogP contribution is -2.46. The van der Waals surface area contributed by atoms with Gasteiger partial charge in [0.15, 0.2) is 0 Å². The van der Waals surface area contributed by atoms with Crippen LogP contribution in [0.1, 0.15) is 17.3 Å². The molecule has 1 amide bonds. The number of benzene rings is 1. The lowest BCUT2D eigenvalue weighted by molar-refractivity contribution is 0.0342. The summed E-state index contributed by atoms with van der Waals surface area (Å²) < 4.78 is 5.29. The van der Waals surface area contributed by atoms with Crippen LogP contribution >= 0.6 is 0 Å². The highest BCUT2D eigenvalue weighted by Gasteiger charge is 2.17. The van der Waals surface area contributed by atoms with E-state index in [0.717, 1.165) is 32.8 Å². The number of nitrogens with two attached hydrogens (primary N) is 1. The van der Waals surface area contributed by atoms with Gasteiger partial charge in [0, 0.05) is 31.4 Å². The van der Waals surface area contributed by atoms with Crippen molar-refractivity contribution < 1.29 is 14.6 Å². The summed E-state index contributed by atoms with van der Waals surface area (Å²) in [5.74, 6) is -0.232. The Balaban J connectivity index is 1.91. The minimum atomic E-state index is -0.265. The molecule has 0 saturated carbocycles. The number of hydrogen-bond donors (Lipinski definition) is 3. The fraction of sp³-hybridized carbons (Fsp3) is 0.500. The fourth-order valence-corrected chi connectivity index (χ4v) is 2.26. The number of rotatable bonds is 4. The van der Waals surface area contributed by atoms with Gasteiger partial charge in [-0.1, -0.05) is 0 Å². The smallest absolute Gasteiger partial charge is 0.253 e. The topological polar surface area (TPSA) is 87.8 Å². The first kappa shape index (κ1) is 14.6. The summed E-state index contributed by atoms with van der Waals surface area (Å²) in [5.41, 5.74) is 6.42. The van der Waals surface area contributed by atoms with Crippen molar-refractivity contribution in [1.82, 2.24) is 10.2 Å². The zero-order valence-electron chi connectivity index (χ0n) is 11.6. The van der Waals surface area contributed by atoms with Gasteiger partial charge in [0.1, 0.15) is 5.75 Å². The SMILES string of the molecule is CC(CN1CCOCC1)NC(=O)c1cc(O)ccc1N. The van der Waals surface area contributed by atoms with E-state index < -0.39 is 0 Å². The van der Waals surface area contributed by atoms with Gasteiger partial charge in [-0.2, -0.15) is 0 Å². The molecule has 1 fully saturated rings. The largest absolute Gasteiger partial charge is 0.508 e. The molecule has 1 aromatic carbocycles. The van der Waals surface area contributed by atoms with Gasteiger partial charge in [-0.05, 0) is 25.1 Å². The highest BCUT2D eigenvalue weighted by atomic mass is 16.5. The first-order chi connectivity index (χ1) is 9.56. The lowest BCUT2D eigenvalue weighted by atomic mass is 10.1. The number of carbonyl (C=O) groups is 1. The molecule has 20 heavy (non-hydrogen) atoms. The maximum absolute atomic E-state index is 12.1. The van der Waals surface area contributed by atoms with Gasteiger partial charge in [0.05, 0.1) is 18.8 Å². The van der Waals surface area contributed by atoms with Gasteiger partial charge in [-0.15, -0.1) is 0 Å². The zero-order valence-corrected chi connectivity index (χ0v) is 11.6. The molecule has 0 spiro atoms. The summed E-state index contributed by atoms with van der Waals surface area (Å²) in [5, 5.41) is 12.3. The van der Waals surface area contributed by atoms with Crippen molar-refractivity contribution in [2.45, 2.75) is 13.0 Å². The molecule has 6 nitrogen and oxygen atoms in total. The van der Waals surface area contributed by atoms with E-state index in [9.17, 15) is 9.90 Å². The summed E-state index contributed by atoms with van der Waals surface area (Å²) in [6.45, 7) is 5.96. The molecular formula is C14H21N3O3. The Morgan fingerprint density at radius 1 is 1.50 bits per heavy atom. The predicted octanol–water partition coefficient (Wildman–Crippen LogP) is 0.425. The molecule has 1 heterocycles. The number of hydrogen-bond acceptors (Lipinski definition) is 5. The van der Waals surface area contributed by atoms with Crippen LogP contribution in [0.15, 0.2) is 18.2 Å². The first-order valence-corrected chi connectivity index (χ1v) is 6.75. The zero-order chi connectivity index (χ0) is 14.5. The second-order valence-corrected chi connectivity index (χ2v) is 5.06. The van der Waals surface area contributed by atoms with Crippen molar-refractivity contribution in [1.29, 1.82) is 0 Å². The summed E-state index contributed by atoms with van der Waals surface area (Å²) in [7, 11) is 0. The Morgan fingerprint density at radius 3 is 2.90 bits per heavy atom. The first-order valence-electron chi connectivity index (χ1n) is 6.75. The van der Waals surface area contributed by atoms with E-state index in [2.05, 4.69) is 10.2 Å². The predicted molar refractivity (Wildman–Crippen MR) is 76.7 cm³/mol. The Hall–Kier alpha value is -1.79. The molecule has 0 radical (unpaired) electrons. The molecule has 1 aliphatic heterocycles. The van der Waals surface area contributed by atoms with Crippen LogP contribution in [0, 0.1) is 0 Å². The third kappa shape index (κ3) is 3.85. The number of phenols is 1. The van der Waals surface area contributed by atoms with Crippen LogP contribution in [0.4, 0.5) is 5.69 Å². The number of phenolic OH excluding ortho intramolecular Hbond substituents is 1. The summed E-state index contributed by atoms with van der Waals surface area (Å²) in [4.78, 5) is 14.4. The van der Waals surface area contributed by atoms with Crippen molar-refractivity contribution in [3.8, 4) is 5.75 Å². The Labute approximate surface area is 118 Å². The summed E-state index contributed by atoms with van der Waals surface area (Å²) >= 11 is 0. The van der Waals surface area contributed by atoms with Gasteiger partial charge in [-0.25, -0.2) is 0 Å². The van der Waals surface area contributed by atoms with E-state index in [-0.39, 0.29) is 17.7 Å². The lowest BCUT2D eigenvalue weighted by Gasteiger charge is -2.29. The highest BCUT2D eigenvalue weighted by Crippen LogP contribution is 2.18. The molecule has 0 bridgehead atoms. The van der Waals surface area contributed by atoms with Gasteiger partial charge >= 0.3 is 0 Å². The molecule has 110 valence electrons. The van der Waals surface area contributed by atoms with Crippen molar-refractivity contribution in [3.63, 3.8) is 0 Å². The highest BCUT2D eigenvalue weighted by molar-refractivity contribution is 5.99. The van der Waals surface area contributed by atoms with Crippen molar-refractivity contribution in [2.24, 2.45) is 0 Å². The van der Waals surface area contributed by atoms with Crippen LogP contribution in [0.5, 0.6) is 5.75 Å². The molecule has 2 rings (SSSR count). The van der Waals surface area contributed by atoms with Crippen LogP contribution in [0.3, 0.4) is 0 Å². The molecule has 0 aromatic heterocycles. The number of morpholine rings is 1. The van der Waals surface area contributed by atoms with E-state index in [1.807, 2.05) is 6.92 Å². The number of anilines is 1. The number of nitrogens with one attached hydrogen (secondary N) is 1. The van der Waals surface area contributed by atoms with Crippen LogP contribution < -0.4 is 11.1 Å². The minimum absolute atomic E-state index is 0.00217. The molecule has 1 aromatic rings. The normalized spacial score (nSPS) is 17.6. The van der Waals surface area contributed by atoms with Gasteiger partial charge in [0.2, 0.25) is 0 Å². The fourth-order valence-electron chi connectivity index (χ4n) is 2.26. The molecule has 1 aliphatic rings. The third-order valence-electron chi connectivity index (χ3n) is 3.29. The van der Waals surface area contributed by atoms with Gasteiger partial charge < -0.3 is 20.9 Å². The van der Waals surface area contributed by atoms with Crippen LogP contribution in [0.25, 0.3) is 0 Å². The number of carbonyl (C=O) groups excluding carboxylic acids is 1. The maximum atomic E-state index is 12.1. The molecule has 4 N–H and O–H groups in total. The van der Waals surface area contributed by atoms with E-state index in [0.29, 0.717) is 11.3 Å². The van der Waals surface area contributed by atoms with E-state index >= 15 is 0 Å². The molecule has 1 saturated heterocycles. The summed E-state index contributed by atoms with van der Waals surface area (Å²) in [6.07, 6.45) is 0. The molecule has 1 atom stereocenters. The average Bonchev–Trinajstić information content (AvgIpc) is 2.42. The Morgan fingerprint density at radius 2 is 2.20 bits per heavy atom. The van der Waals surface area contributed by atoms with Crippen molar-refractivity contribution >= 4 is 11.6 Å². The number of amides is 1. The third-order valence-corrected chi connectivity index (χ3v) is 3.29. The van der Waals surface area contributed by atoms with Crippen molar-refractivity contribution in [2.75, 3.05) is 38.6 Å². The number of ether oxygens (including phenoxy) is 1. The maximum Gasteiger partial charge on any atom is 0.253 e.